The molecule has 1 atom stereocenters. The summed E-state index contributed by atoms with van der Waals surface area (Å²) in [6.07, 6.45) is 0.949. The fourth-order valence-corrected chi connectivity index (χ4v) is 4.77. The van der Waals surface area contributed by atoms with Crippen molar-refractivity contribution in [1.29, 1.82) is 0 Å². The van der Waals surface area contributed by atoms with Gasteiger partial charge in [-0.2, -0.15) is 0 Å². The third kappa shape index (κ3) is 5.05. The molecular weight excluding hydrogens is 418 g/mol. The summed E-state index contributed by atoms with van der Waals surface area (Å²) in [4.78, 5) is 34.3. The number of fused-ring (bicyclic) bond motifs is 1. The summed E-state index contributed by atoms with van der Waals surface area (Å²) in [5.41, 5.74) is 2.59. The molecule has 1 amide bonds. The minimum absolute atomic E-state index is 0.0865. The van der Waals surface area contributed by atoms with Crippen molar-refractivity contribution in [1.82, 2.24) is 9.97 Å². The van der Waals surface area contributed by atoms with Crippen molar-refractivity contribution in [2.45, 2.75) is 52.0 Å². The molecule has 0 aliphatic rings. The number of aryl methyl sites for hydroxylation is 3. The van der Waals surface area contributed by atoms with Crippen molar-refractivity contribution in [2.75, 3.05) is 11.9 Å². The van der Waals surface area contributed by atoms with Gasteiger partial charge in [0, 0.05) is 10.6 Å². The lowest BCUT2D eigenvalue weighted by Crippen LogP contribution is -2.23. The van der Waals surface area contributed by atoms with Crippen LogP contribution in [0.15, 0.2) is 23.0 Å². The van der Waals surface area contributed by atoms with Gasteiger partial charge in [0.2, 0.25) is 5.91 Å². The molecule has 0 radical (unpaired) electrons. The summed E-state index contributed by atoms with van der Waals surface area (Å²) in [7, 11) is 0. The number of benzene rings is 1. The first-order valence-corrected chi connectivity index (χ1v) is 11.8. The Labute approximate surface area is 184 Å². The molecule has 0 spiro atoms. The average molecular weight is 446 g/mol. The van der Waals surface area contributed by atoms with Crippen LogP contribution >= 0.6 is 23.1 Å². The third-order valence-electron chi connectivity index (χ3n) is 4.86. The second kappa shape index (κ2) is 9.66. The predicted octanol–water partition coefficient (Wildman–Crippen LogP) is 4.96. The van der Waals surface area contributed by atoms with E-state index in [9.17, 15) is 9.59 Å². The molecule has 30 heavy (non-hydrogen) atoms. The zero-order chi connectivity index (χ0) is 21.8. The molecule has 0 saturated heterocycles. The Bertz CT molecular complexity index is 1120. The number of thioether (sulfide) groups is 1. The fourth-order valence-electron chi connectivity index (χ4n) is 2.97. The number of hydrogen-bond acceptors (Lipinski definition) is 6. The Balaban J connectivity index is 1.62. The zero-order valence-electron chi connectivity index (χ0n) is 17.9. The number of carbonyl (C=O) groups excluding carboxylic acids is 1. The molecule has 2 N–H and O–H groups in total. The lowest BCUT2D eigenvalue weighted by molar-refractivity contribution is -0.115. The van der Waals surface area contributed by atoms with Gasteiger partial charge in [0.25, 0.3) is 5.56 Å². The van der Waals surface area contributed by atoms with Crippen LogP contribution in [-0.2, 0) is 10.5 Å². The van der Waals surface area contributed by atoms with Crippen LogP contribution < -0.4 is 15.6 Å². The number of nitrogens with zero attached hydrogens (tertiary/aromatic N) is 1. The van der Waals surface area contributed by atoms with Gasteiger partial charge in [-0.3, -0.25) is 9.59 Å². The Morgan fingerprint density at radius 3 is 2.80 bits per heavy atom. The SMILES string of the molecule is CCCOc1ccc(NC(=O)C(C)SCc2nc3sc(C)c(C)c3c(=O)[nH]2)c(C)c1. The maximum absolute atomic E-state index is 12.6. The monoisotopic (exact) mass is 445 g/mol. The minimum atomic E-state index is -0.298. The van der Waals surface area contributed by atoms with E-state index in [0.717, 1.165) is 38.7 Å². The van der Waals surface area contributed by atoms with E-state index >= 15 is 0 Å². The van der Waals surface area contributed by atoms with Crippen molar-refractivity contribution in [3.8, 4) is 5.75 Å². The van der Waals surface area contributed by atoms with E-state index < -0.39 is 0 Å². The Hall–Kier alpha value is -2.32. The summed E-state index contributed by atoms with van der Waals surface area (Å²) in [5, 5.41) is 3.34. The van der Waals surface area contributed by atoms with Crippen molar-refractivity contribution in [3.05, 3.63) is 50.4 Å². The number of ether oxygens (including phenoxy) is 1. The van der Waals surface area contributed by atoms with Crippen LogP contribution in [0, 0.1) is 20.8 Å². The van der Waals surface area contributed by atoms with Gasteiger partial charge >= 0.3 is 0 Å². The number of anilines is 1. The molecule has 1 aromatic carbocycles. The molecule has 160 valence electrons. The number of thiophene rings is 1. The Kier molecular flexibility index (Phi) is 7.20. The third-order valence-corrected chi connectivity index (χ3v) is 7.11. The van der Waals surface area contributed by atoms with Crippen LogP contribution in [0.2, 0.25) is 0 Å². The second-order valence-electron chi connectivity index (χ2n) is 7.24. The van der Waals surface area contributed by atoms with Gasteiger partial charge in [0.15, 0.2) is 0 Å². The van der Waals surface area contributed by atoms with Gasteiger partial charge in [-0.25, -0.2) is 4.98 Å². The van der Waals surface area contributed by atoms with Crippen LogP contribution in [-0.4, -0.2) is 27.7 Å². The van der Waals surface area contributed by atoms with Crippen molar-refractivity contribution >= 4 is 44.9 Å². The molecule has 0 fully saturated rings. The molecular formula is C22H27N3O3S2. The normalized spacial score (nSPS) is 12.2. The van der Waals surface area contributed by atoms with Gasteiger partial charge < -0.3 is 15.0 Å². The first-order valence-electron chi connectivity index (χ1n) is 9.95. The standard InChI is InChI=1S/C22H27N3O3S2/c1-6-9-28-16-7-8-17(12(2)10-16)23-20(26)15(5)29-11-18-24-21(27)19-13(3)14(4)30-22(19)25-18/h7-8,10,15H,6,9,11H2,1-5H3,(H,23,26)(H,24,25,27). The van der Waals surface area contributed by atoms with Crippen LogP contribution in [0.5, 0.6) is 5.75 Å². The quantitative estimate of drug-likeness (QED) is 0.512. The van der Waals surface area contributed by atoms with Gasteiger partial charge in [0.05, 0.1) is 23.0 Å². The smallest absolute Gasteiger partial charge is 0.259 e. The number of H-pyrrole nitrogens is 1. The highest BCUT2D eigenvalue weighted by molar-refractivity contribution is 7.99. The fraction of sp³-hybridized carbons (Fsp3) is 0.409. The number of aromatic amines is 1. The van der Waals surface area contributed by atoms with Crippen LogP contribution in [0.25, 0.3) is 10.2 Å². The number of rotatable bonds is 8. The number of aromatic nitrogens is 2. The lowest BCUT2D eigenvalue weighted by atomic mass is 10.2. The van der Waals surface area contributed by atoms with Crippen LogP contribution in [0.3, 0.4) is 0 Å². The molecule has 1 unspecified atom stereocenters. The topological polar surface area (TPSA) is 84.1 Å². The van der Waals surface area contributed by atoms with E-state index in [2.05, 4.69) is 22.2 Å². The summed E-state index contributed by atoms with van der Waals surface area (Å²) in [6.45, 7) is 10.5. The molecule has 0 aliphatic heterocycles. The maximum Gasteiger partial charge on any atom is 0.259 e. The molecule has 3 rings (SSSR count). The summed E-state index contributed by atoms with van der Waals surface area (Å²) < 4.78 is 5.63. The van der Waals surface area contributed by atoms with Gasteiger partial charge in [0.1, 0.15) is 16.4 Å². The maximum atomic E-state index is 12.6. The van der Waals surface area contributed by atoms with Crippen LogP contribution in [0.4, 0.5) is 5.69 Å². The highest BCUT2D eigenvalue weighted by Crippen LogP contribution is 2.27. The Morgan fingerprint density at radius 2 is 2.10 bits per heavy atom. The van der Waals surface area contributed by atoms with E-state index in [4.69, 9.17) is 4.74 Å². The Morgan fingerprint density at radius 1 is 1.33 bits per heavy atom. The molecule has 8 heteroatoms. The largest absolute Gasteiger partial charge is 0.494 e. The molecule has 0 bridgehead atoms. The molecule has 3 aromatic rings. The lowest BCUT2D eigenvalue weighted by Gasteiger charge is -2.14. The molecule has 2 aromatic heterocycles. The van der Waals surface area contributed by atoms with E-state index in [1.54, 1.807) is 0 Å². The molecule has 0 saturated carbocycles. The summed E-state index contributed by atoms with van der Waals surface area (Å²) >= 11 is 2.97. The zero-order valence-corrected chi connectivity index (χ0v) is 19.6. The van der Waals surface area contributed by atoms with E-state index in [-0.39, 0.29) is 16.7 Å². The number of amides is 1. The molecule has 2 heterocycles. The average Bonchev–Trinajstić information content (AvgIpc) is 3.00. The van der Waals surface area contributed by atoms with Gasteiger partial charge in [-0.05, 0) is 63.4 Å². The molecule has 6 nitrogen and oxygen atoms in total. The van der Waals surface area contributed by atoms with Crippen molar-refractivity contribution in [3.63, 3.8) is 0 Å². The first kappa shape index (κ1) is 22.4. The van der Waals surface area contributed by atoms with E-state index in [0.29, 0.717) is 23.6 Å². The van der Waals surface area contributed by atoms with Gasteiger partial charge in [-0.1, -0.05) is 6.92 Å². The number of carbonyl (C=O) groups is 1. The first-order chi connectivity index (χ1) is 14.3. The van der Waals surface area contributed by atoms with Crippen molar-refractivity contribution < 1.29 is 9.53 Å². The second-order valence-corrected chi connectivity index (χ2v) is 9.78. The highest BCUT2D eigenvalue weighted by atomic mass is 32.2. The van der Waals surface area contributed by atoms with E-state index in [1.807, 2.05) is 45.9 Å². The predicted molar refractivity (Wildman–Crippen MR) is 126 cm³/mol. The number of hydrogen-bond donors (Lipinski definition) is 2. The number of nitrogens with one attached hydrogen (secondary N) is 2. The summed E-state index contributed by atoms with van der Waals surface area (Å²) in [6, 6.07) is 5.66. The van der Waals surface area contributed by atoms with Crippen molar-refractivity contribution in [2.24, 2.45) is 0 Å². The summed E-state index contributed by atoms with van der Waals surface area (Å²) in [5.74, 6) is 1.77. The minimum Gasteiger partial charge on any atom is -0.494 e. The highest BCUT2D eigenvalue weighted by Gasteiger charge is 2.17. The molecule has 0 aliphatic carbocycles. The van der Waals surface area contributed by atoms with Gasteiger partial charge in [-0.15, -0.1) is 23.1 Å². The van der Waals surface area contributed by atoms with E-state index in [1.165, 1.54) is 23.1 Å². The van der Waals surface area contributed by atoms with Crippen LogP contribution in [0.1, 0.15) is 42.1 Å².